The van der Waals surface area contributed by atoms with Crippen LogP contribution in [0.3, 0.4) is 0 Å². The van der Waals surface area contributed by atoms with Crippen LogP contribution in [0.5, 0.6) is 0 Å². The Morgan fingerprint density at radius 1 is 1.44 bits per heavy atom. The quantitative estimate of drug-likeness (QED) is 0.673. The van der Waals surface area contributed by atoms with Gasteiger partial charge < -0.3 is 15.0 Å². The number of amides is 1. The fraction of sp³-hybridized carbons (Fsp3) is 0.929. The molecule has 0 aromatic carbocycles. The largest absolute Gasteiger partial charge is 0.378 e. The van der Waals surface area contributed by atoms with Crippen molar-refractivity contribution in [3.8, 4) is 0 Å². The lowest BCUT2D eigenvalue weighted by atomic mass is 10.1. The van der Waals surface area contributed by atoms with Crippen LogP contribution in [-0.4, -0.2) is 49.2 Å². The van der Waals surface area contributed by atoms with E-state index in [0.717, 1.165) is 39.1 Å². The topological polar surface area (TPSA) is 41.6 Å². The molecule has 1 aliphatic heterocycles. The summed E-state index contributed by atoms with van der Waals surface area (Å²) in [7, 11) is 0. The number of carbonyl (C=O) groups is 1. The molecule has 1 amide bonds. The minimum absolute atomic E-state index is 0.0746. The number of likely N-dealkylation sites (N-methyl/N-ethyl adjacent to an activating group) is 1. The van der Waals surface area contributed by atoms with Gasteiger partial charge in [0.05, 0.1) is 12.1 Å². The first-order valence-electron chi connectivity index (χ1n) is 7.32. The average molecular weight is 256 g/mol. The first kappa shape index (κ1) is 15.4. The van der Waals surface area contributed by atoms with Crippen molar-refractivity contribution in [2.24, 2.45) is 0 Å². The maximum Gasteiger partial charge on any atom is 0.239 e. The van der Waals surface area contributed by atoms with E-state index in [1.807, 2.05) is 25.7 Å². The van der Waals surface area contributed by atoms with Crippen LogP contribution in [0.4, 0.5) is 0 Å². The summed E-state index contributed by atoms with van der Waals surface area (Å²) < 4.78 is 5.58. The second kappa shape index (κ2) is 8.48. The van der Waals surface area contributed by atoms with Crippen LogP contribution in [-0.2, 0) is 9.53 Å². The predicted molar refractivity (Wildman–Crippen MR) is 73.6 cm³/mol. The maximum absolute atomic E-state index is 12.0. The molecule has 0 radical (unpaired) electrons. The highest BCUT2D eigenvalue weighted by molar-refractivity contribution is 5.81. The van der Waals surface area contributed by atoms with Crippen LogP contribution in [0, 0.1) is 0 Å². The molecule has 1 saturated heterocycles. The number of hydrogen-bond donors (Lipinski definition) is 1. The normalized spacial score (nSPS) is 20.9. The highest BCUT2D eigenvalue weighted by Crippen LogP contribution is 2.16. The number of rotatable bonds is 8. The predicted octanol–water partition coefficient (Wildman–Crippen LogP) is 1.79. The lowest BCUT2D eigenvalue weighted by Crippen LogP contribution is -2.45. The summed E-state index contributed by atoms with van der Waals surface area (Å²) in [6.07, 6.45) is 5.06. The third-order valence-corrected chi connectivity index (χ3v) is 3.62. The Hall–Kier alpha value is -0.610. The van der Waals surface area contributed by atoms with E-state index in [1.54, 1.807) is 0 Å². The molecule has 4 heteroatoms. The van der Waals surface area contributed by atoms with Crippen LogP contribution >= 0.6 is 0 Å². The van der Waals surface area contributed by atoms with Crippen molar-refractivity contribution >= 4 is 5.91 Å². The minimum Gasteiger partial charge on any atom is -0.378 e. The van der Waals surface area contributed by atoms with Crippen molar-refractivity contribution in [3.05, 3.63) is 0 Å². The van der Waals surface area contributed by atoms with Crippen molar-refractivity contribution < 1.29 is 9.53 Å². The monoisotopic (exact) mass is 256 g/mol. The molecule has 0 aromatic heterocycles. The highest BCUT2D eigenvalue weighted by Gasteiger charge is 2.18. The van der Waals surface area contributed by atoms with E-state index >= 15 is 0 Å². The van der Waals surface area contributed by atoms with Gasteiger partial charge in [-0.05, 0) is 53.0 Å². The minimum atomic E-state index is -0.0746. The smallest absolute Gasteiger partial charge is 0.239 e. The number of nitrogens with zero attached hydrogens (tertiary/aromatic N) is 1. The van der Waals surface area contributed by atoms with Gasteiger partial charge in [0.15, 0.2) is 0 Å². The van der Waals surface area contributed by atoms with Gasteiger partial charge in [-0.1, -0.05) is 0 Å². The Labute approximate surface area is 111 Å². The lowest BCUT2D eigenvalue weighted by Gasteiger charge is -2.23. The molecular weight excluding hydrogens is 228 g/mol. The molecule has 1 N–H and O–H groups in total. The summed E-state index contributed by atoms with van der Waals surface area (Å²) in [6.45, 7) is 9.39. The second-order valence-electron chi connectivity index (χ2n) is 4.96. The summed E-state index contributed by atoms with van der Waals surface area (Å²) in [6, 6.07) is -0.0746. The van der Waals surface area contributed by atoms with Crippen LogP contribution in [0.15, 0.2) is 0 Å². The second-order valence-corrected chi connectivity index (χ2v) is 4.96. The molecule has 0 aliphatic carbocycles. The fourth-order valence-corrected chi connectivity index (χ4v) is 2.42. The third-order valence-electron chi connectivity index (χ3n) is 3.62. The van der Waals surface area contributed by atoms with Gasteiger partial charge in [0.1, 0.15) is 0 Å². The zero-order valence-corrected chi connectivity index (χ0v) is 12.1. The van der Waals surface area contributed by atoms with Gasteiger partial charge in [0, 0.05) is 19.7 Å². The Morgan fingerprint density at radius 2 is 2.17 bits per heavy atom. The summed E-state index contributed by atoms with van der Waals surface area (Å²) in [5, 5.41) is 3.31. The lowest BCUT2D eigenvalue weighted by molar-refractivity contribution is -0.132. The Morgan fingerprint density at radius 3 is 2.72 bits per heavy atom. The van der Waals surface area contributed by atoms with Crippen molar-refractivity contribution in [1.29, 1.82) is 0 Å². The molecule has 1 rings (SSSR count). The van der Waals surface area contributed by atoms with Gasteiger partial charge in [-0.2, -0.15) is 0 Å². The van der Waals surface area contributed by atoms with Crippen molar-refractivity contribution in [1.82, 2.24) is 10.2 Å². The van der Waals surface area contributed by atoms with Crippen LogP contribution < -0.4 is 5.32 Å². The zero-order valence-electron chi connectivity index (χ0n) is 12.1. The van der Waals surface area contributed by atoms with E-state index in [2.05, 4.69) is 5.32 Å². The number of nitrogens with one attached hydrogen (secondary N) is 1. The molecular formula is C14H28N2O2. The van der Waals surface area contributed by atoms with Crippen molar-refractivity contribution in [3.63, 3.8) is 0 Å². The van der Waals surface area contributed by atoms with Crippen LogP contribution in [0.2, 0.25) is 0 Å². The van der Waals surface area contributed by atoms with E-state index in [1.165, 1.54) is 12.8 Å². The van der Waals surface area contributed by atoms with E-state index in [9.17, 15) is 4.79 Å². The number of hydrogen-bond acceptors (Lipinski definition) is 3. The molecule has 2 atom stereocenters. The van der Waals surface area contributed by atoms with E-state index in [0.29, 0.717) is 6.10 Å². The Balaban J connectivity index is 2.11. The molecule has 4 nitrogen and oxygen atoms in total. The maximum atomic E-state index is 12.0. The van der Waals surface area contributed by atoms with E-state index < -0.39 is 0 Å². The zero-order chi connectivity index (χ0) is 13.4. The first-order chi connectivity index (χ1) is 8.69. The number of carbonyl (C=O) groups excluding carboxylic acids is 1. The molecule has 18 heavy (non-hydrogen) atoms. The van der Waals surface area contributed by atoms with E-state index in [4.69, 9.17) is 4.74 Å². The molecule has 1 aliphatic rings. The molecule has 106 valence electrons. The molecule has 0 bridgehead atoms. The Bertz CT molecular complexity index is 236. The average Bonchev–Trinajstić information content (AvgIpc) is 2.88. The molecule has 0 aromatic rings. The van der Waals surface area contributed by atoms with E-state index in [-0.39, 0.29) is 11.9 Å². The summed E-state index contributed by atoms with van der Waals surface area (Å²) in [5.41, 5.74) is 0. The van der Waals surface area contributed by atoms with Gasteiger partial charge in [0.2, 0.25) is 5.91 Å². The fourth-order valence-electron chi connectivity index (χ4n) is 2.42. The standard InChI is InChI=1S/C14H28N2O2/c1-4-16(5-2)14(17)12(3)15-10-6-8-13-9-7-11-18-13/h12-13,15H,4-11H2,1-3H3. The summed E-state index contributed by atoms with van der Waals surface area (Å²) >= 11 is 0. The molecule has 0 spiro atoms. The Kier molecular flexibility index (Phi) is 7.28. The van der Waals surface area contributed by atoms with Gasteiger partial charge in [-0.15, -0.1) is 0 Å². The van der Waals surface area contributed by atoms with Crippen molar-refractivity contribution in [2.45, 2.75) is 58.6 Å². The molecule has 0 saturated carbocycles. The number of ether oxygens (including phenoxy) is 1. The first-order valence-corrected chi connectivity index (χ1v) is 7.32. The van der Waals surface area contributed by atoms with Gasteiger partial charge in [-0.3, -0.25) is 4.79 Å². The molecule has 2 unspecified atom stereocenters. The summed E-state index contributed by atoms with van der Waals surface area (Å²) in [5.74, 6) is 0.206. The SMILES string of the molecule is CCN(CC)C(=O)C(C)NCCCC1CCCO1. The molecule has 1 heterocycles. The highest BCUT2D eigenvalue weighted by atomic mass is 16.5. The van der Waals surface area contributed by atoms with Gasteiger partial charge in [-0.25, -0.2) is 0 Å². The van der Waals surface area contributed by atoms with Crippen LogP contribution in [0.25, 0.3) is 0 Å². The van der Waals surface area contributed by atoms with Gasteiger partial charge >= 0.3 is 0 Å². The van der Waals surface area contributed by atoms with Crippen LogP contribution in [0.1, 0.15) is 46.5 Å². The van der Waals surface area contributed by atoms with Crippen molar-refractivity contribution in [2.75, 3.05) is 26.2 Å². The third kappa shape index (κ3) is 4.94. The molecule has 1 fully saturated rings. The summed E-state index contributed by atoms with van der Waals surface area (Å²) in [4.78, 5) is 13.9. The van der Waals surface area contributed by atoms with Gasteiger partial charge in [0.25, 0.3) is 0 Å².